The fourth-order valence-corrected chi connectivity index (χ4v) is 3.71. The van der Waals surface area contributed by atoms with Crippen LogP contribution in [0.25, 0.3) is 0 Å². The molecule has 25 heavy (non-hydrogen) atoms. The smallest absolute Gasteiger partial charge is 0.0900 e. The lowest BCUT2D eigenvalue weighted by Gasteiger charge is -2.37. The maximum atomic E-state index is 10.2. The summed E-state index contributed by atoms with van der Waals surface area (Å²) in [4.78, 5) is 4.79. The molecule has 2 saturated heterocycles. The lowest BCUT2D eigenvalue weighted by Crippen LogP contribution is -2.49. The molecule has 1 aromatic rings. The molecule has 2 fully saturated rings. The maximum absolute atomic E-state index is 10.2. The lowest BCUT2D eigenvalue weighted by atomic mass is 10.1. The first-order valence-corrected chi connectivity index (χ1v) is 9.54. The van der Waals surface area contributed by atoms with Gasteiger partial charge in [0.25, 0.3) is 0 Å². The molecule has 5 nitrogen and oxygen atoms in total. The van der Waals surface area contributed by atoms with Crippen molar-refractivity contribution in [2.45, 2.75) is 38.9 Å². The van der Waals surface area contributed by atoms with Crippen LogP contribution in [0.15, 0.2) is 18.2 Å². The Kier molecular flexibility index (Phi) is 6.70. The van der Waals surface area contributed by atoms with Gasteiger partial charge in [-0.2, -0.15) is 0 Å². The van der Waals surface area contributed by atoms with E-state index in [9.17, 15) is 5.11 Å². The molecule has 0 aliphatic carbocycles. The predicted octanol–water partition coefficient (Wildman–Crippen LogP) is 1.98. The Balaban J connectivity index is 1.37. The molecular formula is C20H32N2O3. The van der Waals surface area contributed by atoms with Gasteiger partial charge >= 0.3 is 0 Å². The van der Waals surface area contributed by atoms with Crippen LogP contribution in [0.3, 0.4) is 0 Å². The van der Waals surface area contributed by atoms with Gasteiger partial charge in [-0.15, -0.1) is 0 Å². The van der Waals surface area contributed by atoms with Crippen molar-refractivity contribution in [2.24, 2.45) is 0 Å². The van der Waals surface area contributed by atoms with Crippen LogP contribution in [-0.4, -0.2) is 74.8 Å². The minimum Gasteiger partial charge on any atom is -0.389 e. The predicted molar refractivity (Wildman–Crippen MR) is 100 cm³/mol. The number of rotatable bonds is 7. The molecule has 2 aliphatic rings. The van der Waals surface area contributed by atoms with E-state index in [0.717, 1.165) is 45.6 Å². The number of aliphatic hydroxyl groups is 1. The number of hydrogen-bond acceptors (Lipinski definition) is 5. The van der Waals surface area contributed by atoms with Crippen molar-refractivity contribution in [1.29, 1.82) is 0 Å². The summed E-state index contributed by atoms with van der Waals surface area (Å²) in [6.45, 7) is 10.9. The van der Waals surface area contributed by atoms with E-state index in [-0.39, 0.29) is 6.10 Å². The van der Waals surface area contributed by atoms with Crippen LogP contribution in [-0.2, 0) is 9.47 Å². The fourth-order valence-electron chi connectivity index (χ4n) is 3.71. The summed E-state index contributed by atoms with van der Waals surface area (Å²) in [5.41, 5.74) is 4.07. The van der Waals surface area contributed by atoms with E-state index in [2.05, 4.69) is 41.8 Å². The van der Waals surface area contributed by atoms with Crippen molar-refractivity contribution < 1.29 is 14.6 Å². The summed E-state index contributed by atoms with van der Waals surface area (Å²) >= 11 is 0. The van der Waals surface area contributed by atoms with Gasteiger partial charge < -0.3 is 19.5 Å². The minimum absolute atomic E-state index is 0.230. The Morgan fingerprint density at radius 1 is 1.24 bits per heavy atom. The molecule has 0 spiro atoms. The second-order valence-corrected chi connectivity index (χ2v) is 7.33. The Bertz CT molecular complexity index is 538. The van der Waals surface area contributed by atoms with E-state index in [4.69, 9.17) is 9.47 Å². The summed E-state index contributed by atoms with van der Waals surface area (Å²) in [7, 11) is 0. The van der Waals surface area contributed by atoms with Gasteiger partial charge in [0, 0.05) is 45.0 Å². The molecular weight excluding hydrogens is 316 g/mol. The highest BCUT2D eigenvalue weighted by atomic mass is 16.5. The molecule has 0 aromatic heterocycles. The highest BCUT2D eigenvalue weighted by molar-refractivity contribution is 5.56. The highest BCUT2D eigenvalue weighted by Gasteiger charge is 2.21. The van der Waals surface area contributed by atoms with E-state index in [1.165, 1.54) is 16.8 Å². The molecule has 0 bridgehead atoms. The quantitative estimate of drug-likeness (QED) is 0.816. The van der Waals surface area contributed by atoms with Gasteiger partial charge in [0.2, 0.25) is 0 Å². The maximum Gasteiger partial charge on any atom is 0.0900 e. The topological polar surface area (TPSA) is 45.2 Å². The van der Waals surface area contributed by atoms with Crippen LogP contribution in [0.5, 0.6) is 0 Å². The number of hydrogen-bond donors (Lipinski definition) is 1. The molecule has 0 saturated carbocycles. The number of anilines is 1. The SMILES string of the molecule is Cc1cccc(N2CCN(C[C@@H](O)COC[C@H]3CCCO3)CC2)c1C. The molecule has 0 unspecified atom stereocenters. The van der Waals surface area contributed by atoms with E-state index < -0.39 is 6.10 Å². The zero-order chi connectivity index (χ0) is 17.6. The monoisotopic (exact) mass is 348 g/mol. The number of ether oxygens (including phenoxy) is 2. The van der Waals surface area contributed by atoms with Gasteiger partial charge in [0.05, 0.1) is 25.4 Å². The highest BCUT2D eigenvalue weighted by Crippen LogP contribution is 2.23. The first-order valence-electron chi connectivity index (χ1n) is 9.54. The summed E-state index contributed by atoms with van der Waals surface area (Å²) in [5.74, 6) is 0. The molecule has 2 aliphatic heterocycles. The van der Waals surface area contributed by atoms with Crippen LogP contribution >= 0.6 is 0 Å². The average Bonchev–Trinajstić information content (AvgIpc) is 3.12. The fraction of sp³-hybridized carbons (Fsp3) is 0.700. The Labute approximate surface area is 151 Å². The van der Waals surface area contributed by atoms with Crippen molar-refractivity contribution in [3.8, 4) is 0 Å². The number of aryl methyl sites for hydroxylation is 1. The molecule has 0 amide bonds. The lowest BCUT2D eigenvalue weighted by molar-refractivity contribution is -0.0254. The number of piperazine rings is 1. The molecule has 0 radical (unpaired) electrons. The number of aliphatic hydroxyl groups excluding tert-OH is 1. The summed E-state index contributed by atoms with van der Waals surface area (Å²) in [5, 5.41) is 10.2. The molecule has 3 rings (SSSR count). The first kappa shape index (κ1) is 18.6. The second kappa shape index (κ2) is 8.99. The zero-order valence-electron chi connectivity index (χ0n) is 15.6. The van der Waals surface area contributed by atoms with Crippen molar-refractivity contribution in [2.75, 3.05) is 57.4 Å². The van der Waals surface area contributed by atoms with Gasteiger partial charge in [-0.05, 0) is 43.9 Å². The van der Waals surface area contributed by atoms with Crippen LogP contribution in [0.1, 0.15) is 24.0 Å². The standard InChI is InChI=1S/C20H32N2O3/c1-16-5-3-7-20(17(16)2)22-10-8-21(9-11-22)13-18(23)14-24-15-19-6-4-12-25-19/h3,5,7,18-19,23H,4,6,8-15H2,1-2H3/t18-,19-/m1/s1. The van der Waals surface area contributed by atoms with Crippen LogP contribution in [0.4, 0.5) is 5.69 Å². The van der Waals surface area contributed by atoms with Crippen molar-refractivity contribution in [1.82, 2.24) is 4.90 Å². The summed E-state index contributed by atoms with van der Waals surface area (Å²) < 4.78 is 11.2. The van der Waals surface area contributed by atoms with Gasteiger partial charge in [-0.1, -0.05) is 12.1 Å². The third-order valence-electron chi connectivity index (χ3n) is 5.40. The third-order valence-corrected chi connectivity index (χ3v) is 5.40. The first-order chi connectivity index (χ1) is 12.1. The largest absolute Gasteiger partial charge is 0.389 e. The van der Waals surface area contributed by atoms with Gasteiger partial charge in [-0.25, -0.2) is 0 Å². The van der Waals surface area contributed by atoms with Crippen LogP contribution in [0, 0.1) is 13.8 Å². The summed E-state index contributed by atoms with van der Waals surface area (Å²) in [6, 6.07) is 6.52. The van der Waals surface area contributed by atoms with Gasteiger partial charge in [-0.3, -0.25) is 4.90 Å². The molecule has 140 valence electrons. The second-order valence-electron chi connectivity index (χ2n) is 7.33. The zero-order valence-corrected chi connectivity index (χ0v) is 15.6. The summed E-state index contributed by atoms with van der Waals surface area (Å²) in [6.07, 6.45) is 2.01. The van der Waals surface area contributed by atoms with E-state index in [1.807, 2.05) is 0 Å². The normalized spacial score (nSPS) is 23.2. The molecule has 1 aromatic carbocycles. The van der Waals surface area contributed by atoms with Crippen LogP contribution in [0.2, 0.25) is 0 Å². The average molecular weight is 348 g/mol. The minimum atomic E-state index is -0.423. The number of benzene rings is 1. The number of nitrogens with zero attached hydrogens (tertiary/aromatic N) is 2. The Morgan fingerprint density at radius 3 is 2.76 bits per heavy atom. The van der Waals surface area contributed by atoms with Gasteiger partial charge in [0.15, 0.2) is 0 Å². The Hall–Kier alpha value is -1.14. The van der Waals surface area contributed by atoms with Crippen molar-refractivity contribution >= 4 is 5.69 Å². The molecule has 2 heterocycles. The van der Waals surface area contributed by atoms with Gasteiger partial charge in [0.1, 0.15) is 0 Å². The van der Waals surface area contributed by atoms with E-state index in [1.54, 1.807) is 0 Å². The Morgan fingerprint density at radius 2 is 2.04 bits per heavy atom. The van der Waals surface area contributed by atoms with Crippen LogP contribution < -0.4 is 4.90 Å². The van der Waals surface area contributed by atoms with E-state index >= 15 is 0 Å². The van der Waals surface area contributed by atoms with E-state index in [0.29, 0.717) is 19.8 Å². The number of β-amino-alcohol motifs (C(OH)–C–C–N with tert-alkyl or cyclic N) is 1. The molecule has 2 atom stereocenters. The third kappa shape index (κ3) is 5.17. The molecule has 5 heteroatoms. The van der Waals surface area contributed by atoms with Crippen molar-refractivity contribution in [3.63, 3.8) is 0 Å². The molecule has 1 N–H and O–H groups in total. The van der Waals surface area contributed by atoms with Crippen molar-refractivity contribution in [3.05, 3.63) is 29.3 Å².